The molecule has 0 aliphatic carbocycles. The summed E-state index contributed by atoms with van der Waals surface area (Å²) in [7, 11) is -3.99. The summed E-state index contributed by atoms with van der Waals surface area (Å²) < 4.78 is 26.9. The van der Waals surface area contributed by atoms with Crippen molar-refractivity contribution in [3.8, 4) is 0 Å². The van der Waals surface area contributed by atoms with Gasteiger partial charge in [-0.15, -0.1) is 0 Å². The van der Waals surface area contributed by atoms with Crippen LogP contribution in [0.3, 0.4) is 0 Å². The highest BCUT2D eigenvalue weighted by Crippen LogP contribution is 2.26. The van der Waals surface area contributed by atoms with Gasteiger partial charge in [-0.3, -0.25) is 9.59 Å². The monoisotopic (exact) mass is 327 g/mol. The van der Waals surface area contributed by atoms with Gasteiger partial charge in [0.15, 0.2) is 0 Å². The maximum atomic E-state index is 13.0. The minimum atomic E-state index is -3.99. The molecule has 0 bridgehead atoms. The molecule has 116 valence electrons. The van der Waals surface area contributed by atoms with Gasteiger partial charge in [-0.25, -0.2) is 12.4 Å². The highest BCUT2D eigenvalue weighted by Gasteiger charge is 2.27. The lowest BCUT2D eigenvalue weighted by molar-refractivity contribution is -0.113. The zero-order valence-electron chi connectivity index (χ0n) is 12.3. The number of hydrogen-bond donors (Lipinski definition) is 0. The highest BCUT2D eigenvalue weighted by molar-refractivity contribution is 7.90. The molecule has 0 spiro atoms. The number of para-hydroxylation sites is 1. The van der Waals surface area contributed by atoms with E-state index >= 15 is 0 Å². The summed E-state index contributed by atoms with van der Waals surface area (Å²) in [5, 5.41) is 0.580. The van der Waals surface area contributed by atoms with Crippen LogP contribution in [0, 0.1) is 0 Å². The second-order valence-electron chi connectivity index (χ2n) is 5.06. The summed E-state index contributed by atoms with van der Waals surface area (Å²) in [4.78, 5) is 23.7. The van der Waals surface area contributed by atoms with Crippen molar-refractivity contribution in [3.05, 3.63) is 66.4 Å². The molecule has 0 amide bonds. The zero-order valence-corrected chi connectivity index (χ0v) is 13.1. The lowest BCUT2D eigenvalue weighted by atomic mass is 10.2. The van der Waals surface area contributed by atoms with E-state index in [9.17, 15) is 18.0 Å². The van der Waals surface area contributed by atoms with Crippen LogP contribution < -0.4 is 0 Å². The predicted molar refractivity (Wildman–Crippen MR) is 86.0 cm³/mol. The second kappa shape index (κ2) is 5.48. The Morgan fingerprint density at radius 3 is 2.17 bits per heavy atom. The number of hydrogen-bond acceptors (Lipinski definition) is 4. The number of benzene rings is 2. The summed E-state index contributed by atoms with van der Waals surface area (Å²) in [6, 6.07) is 16.0. The normalized spacial score (nSPS) is 11.5. The van der Waals surface area contributed by atoms with Gasteiger partial charge < -0.3 is 0 Å². The van der Waals surface area contributed by atoms with E-state index in [-0.39, 0.29) is 10.6 Å². The molecule has 0 fully saturated rings. The van der Waals surface area contributed by atoms with Crippen molar-refractivity contribution in [3.63, 3.8) is 0 Å². The Hall–Kier alpha value is -2.73. The van der Waals surface area contributed by atoms with E-state index in [1.54, 1.807) is 42.5 Å². The molecule has 23 heavy (non-hydrogen) atoms. The van der Waals surface area contributed by atoms with Crippen molar-refractivity contribution >= 4 is 32.5 Å². The van der Waals surface area contributed by atoms with Crippen LogP contribution in [0.25, 0.3) is 10.9 Å². The van der Waals surface area contributed by atoms with Crippen LogP contribution >= 0.6 is 0 Å². The average Bonchev–Trinajstić information content (AvgIpc) is 2.94. The average molecular weight is 327 g/mol. The Kier molecular flexibility index (Phi) is 3.61. The third kappa shape index (κ3) is 2.47. The van der Waals surface area contributed by atoms with E-state index in [2.05, 4.69) is 0 Å². The highest BCUT2D eigenvalue weighted by atomic mass is 32.2. The van der Waals surface area contributed by atoms with Gasteiger partial charge in [-0.2, -0.15) is 0 Å². The predicted octanol–water partition coefficient (Wildman–Crippen LogP) is 2.65. The maximum Gasteiger partial charge on any atom is 0.268 e. The lowest BCUT2D eigenvalue weighted by Crippen LogP contribution is -2.21. The van der Waals surface area contributed by atoms with Crippen LogP contribution in [0.1, 0.15) is 17.4 Å². The number of carbonyl (C=O) groups is 2. The Balaban J connectivity index is 2.38. The van der Waals surface area contributed by atoms with Gasteiger partial charge in [-0.05, 0) is 24.3 Å². The van der Waals surface area contributed by atoms with Crippen LogP contribution in [0.15, 0.2) is 65.6 Å². The first-order chi connectivity index (χ1) is 10.9. The van der Waals surface area contributed by atoms with Crippen LogP contribution in [-0.2, 0) is 14.8 Å². The number of Topliss-reactive ketones (excluding diaryl/α,β-unsaturated/α-hetero) is 2. The molecule has 1 aromatic heterocycles. The summed E-state index contributed by atoms with van der Waals surface area (Å²) in [5.74, 6) is -1.54. The molecule has 0 atom stereocenters. The molecule has 0 saturated carbocycles. The van der Waals surface area contributed by atoms with Crippen molar-refractivity contribution < 1.29 is 18.0 Å². The molecule has 0 saturated heterocycles. The number of nitrogens with zero attached hydrogens (tertiary/aromatic N) is 1. The van der Waals surface area contributed by atoms with E-state index in [0.29, 0.717) is 10.9 Å². The third-order valence-electron chi connectivity index (χ3n) is 3.50. The molecular weight excluding hydrogens is 314 g/mol. The van der Waals surface area contributed by atoms with Gasteiger partial charge in [0.2, 0.25) is 11.6 Å². The first kappa shape index (κ1) is 15.2. The molecule has 2 aromatic carbocycles. The number of rotatable bonds is 4. The van der Waals surface area contributed by atoms with E-state index in [4.69, 9.17) is 0 Å². The fraction of sp³-hybridized carbons (Fsp3) is 0.0588. The second-order valence-corrected chi connectivity index (χ2v) is 6.84. The van der Waals surface area contributed by atoms with Gasteiger partial charge in [-0.1, -0.05) is 36.4 Å². The van der Waals surface area contributed by atoms with Crippen molar-refractivity contribution in [2.24, 2.45) is 0 Å². The maximum absolute atomic E-state index is 13.0. The summed E-state index contributed by atoms with van der Waals surface area (Å²) >= 11 is 0. The Morgan fingerprint density at radius 2 is 1.52 bits per heavy atom. The standard InChI is InChI=1S/C17H13NO4S/c1-12(19)17(20)16-11-13-7-5-6-10-15(13)18(16)23(21,22)14-8-3-2-4-9-14/h2-11H,1H3. The number of ketones is 2. The Morgan fingerprint density at radius 1 is 0.913 bits per heavy atom. The third-order valence-corrected chi connectivity index (χ3v) is 5.24. The van der Waals surface area contributed by atoms with E-state index in [0.717, 1.165) is 10.9 Å². The lowest BCUT2D eigenvalue weighted by Gasteiger charge is -2.10. The van der Waals surface area contributed by atoms with E-state index < -0.39 is 21.6 Å². The Bertz CT molecular complexity index is 1020. The molecule has 1 heterocycles. The summed E-state index contributed by atoms with van der Waals surface area (Å²) in [6.07, 6.45) is 0. The van der Waals surface area contributed by atoms with Crippen molar-refractivity contribution in [2.45, 2.75) is 11.8 Å². The SMILES string of the molecule is CC(=O)C(=O)c1cc2ccccc2n1S(=O)(=O)c1ccccc1. The van der Waals surface area contributed by atoms with Crippen molar-refractivity contribution in [2.75, 3.05) is 0 Å². The van der Waals surface area contributed by atoms with Gasteiger partial charge in [0, 0.05) is 12.3 Å². The fourth-order valence-corrected chi connectivity index (χ4v) is 3.96. The van der Waals surface area contributed by atoms with Gasteiger partial charge in [0.05, 0.1) is 10.4 Å². The number of aromatic nitrogens is 1. The van der Waals surface area contributed by atoms with Crippen LogP contribution in [0.2, 0.25) is 0 Å². The largest absolute Gasteiger partial charge is 0.291 e. The Labute approximate surface area is 133 Å². The van der Waals surface area contributed by atoms with Gasteiger partial charge in [0.1, 0.15) is 5.69 Å². The van der Waals surface area contributed by atoms with E-state index in [1.165, 1.54) is 18.2 Å². The van der Waals surface area contributed by atoms with E-state index in [1.807, 2.05) is 0 Å². The minimum absolute atomic E-state index is 0.0546. The van der Waals surface area contributed by atoms with Crippen LogP contribution in [-0.4, -0.2) is 24.0 Å². The molecule has 3 rings (SSSR count). The van der Waals surface area contributed by atoms with Gasteiger partial charge in [0.25, 0.3) is 10.0 Å². The fourth-order valence-electron chi connectivity index (χ4n) is 2.43. The number of carbonyl (C=O) groups excluding carboxylic acids is 2. The summed E-state index contributed by atoms with van der Waals surface area (Å²) in [6.45, 7) is 1.12. The number of fused-ring (bicyclic) bond motifs is 1. The quantitative estimate of drug-likeness (QED) is 0.545. The molecule has 0 radical (unpaired) electrons. The molecule has 6 heteroatoms. The molecular formula is C17H13NO4S. The molecule has 0 N–H and O–H groups in total. The smallest absolute Gasteiger partial charge is 0.268 e. The molecule has 5 nitrogen and oxygen atoms in total. The van der Waals surface area contributed by atoms with Crippen LogP contribution in [0.4, 0.5) is 0 Å². The molecule has 3 aromatic rings. The van der Waals surface area contributed by atoms with Crippen molar-refractivity contribution in [1.29, 1.82) is 0 Å². The minimum Gasteiger partial charge on any atom is -0.291 e. The molecule has 0 aliphatic heterocycles. The first-order valence-electron chi connectivity index (χ1n) is 6.89. The summed E-state index contributed by atoms with van der Waals surface area (Å²) in [5.41, 5.74) is 0.212. The zero-order chi connectivity index (χ0) is 16.6. The topological polar surface area (TPSA) is 73.2 Å². The van der Waals surface area contributed by atoms with Crippen LogP contribution in [0.5, 0.6) is 0 Å². The molecule has 0 unspecified atom stereocenters. The molecule has 0 aliphatic rings. The van der Waals surface area contributed by atoms with Crippen molar-refractivity contribution in [1.82, 2.24) is 3.97 Å². The first-order valence-corrected chi connectivity index (χ1v) is 8.33. The van der Waals surface area contributed by atoms with Gasteiger partial charge >= 0.3 is 0 Å².